The number of hydrogen-bond donors (Lipinski definition) is 1. The average molecular weight is 326 g/mol. The van der Waals surface area contributed by atoms with Gasteiger partial charge in [-0.25, -0.2) is 0 Å². The van der Waals surface area contributed by atoms with Gasteiger partial charge in [0.15, 0.2) is 0 Å². The molecule has 5 heteroatoms. The van der Waals surface area contributed by atoms with Crippen molar-refractivity contribution in [2.45, 2.75) is 4.90 Å². The topological polar surface area (TPSA) is 45.3 Å². The van der Waals surface area contributed by atoms with E-state index in [9.17, 15) is 4.79 Å². The number of aromatic nitrogens is 1. The fourth-order valence-electron chi connectivity index (χ4n) is 2.97. The molecule has 1 saturated heterocycles. The summed E-state index contributed by atoms with van der Waals surface area (Å²) in [5.74, 6) is 0.668. The predicted molar refractivity (Wildman–Crippen MR) is 93.9 cm³/mol. The lowest BCUT2D eigenvalue weighted by Gasteiger charge is -2.26. The number of thioether (sulfide) groups is 1. The Bertz CT molecular complexity index is 852. The van der Waals surface area contributed by atoms with E-state index in [0.29, 0.717) is 32.1 Å². The van der Waals surface area contributed by atoms with Crippen molar-refractivity contribution in [3.8, 4) is 0 Å². The van der Waals surface area contributed by atoms with Gasteiger partial charge in [-0.05, 0) is 18.2 Å². The summed E-state index contributed by atoms with van der Waals surface area (Å²) in [5.41, 5.74) is 2.27. The standard InChI is InChI=1S/C18H18N2O2S/c21-18(20-7-9-22-10-8-20)12-23-13-5-6-15-14-3-1-2-4-16(14)19-17(15)11-13/h1-6,11,19H,7-10,12H2. The van der Waals surface area contributed by atoms with Gasteiger partial charge in [-0.2, -0.15) is 0 Å². The van der Waals surface area contributed by atoms with E-state index in [1.165, 1.54) is 10.8 Å². The molecule has 0 radical (unpaired) electrons. The first-order valence-corrected chi connectivity index (χ1v) is 8.78. The molecule has 23 heavy (non-hydrogen) atoms. The number of nitrogens with zero attached hydrogens (tertiary/aromatic N) is 1. The number of fused-ring (bicyclic) bond motifs is 3. The molecule has 3 aromatic rings. The van der Waals surface area contributed by atoms with Gasteiger partial charge >= 0.3 is 0 Å². The zero-order valence-corrected chi connectivity index (χ0v) is 13.6. The number of benzene rings is 2. The van der Waals surface area contributed by atoms with Gasteiger partial charge in [0.25, 0.3) is 0 Å². The van der Waals surface area contributed by atoms with Gasteiger partial charge in [0.05, 0.1) is 19.0 Å². The minimum absolute atomic E-state index is 0.190. The number of amides is 1. The van der Waals surface area contributed by atoms with Crippen LogP contribution in [0.2, 0.25) is 0 Å². The number of aromatic amines is 1. The van der Waals surface area contributed by atoms with Crippen molar-refractivity contribution in [2.24, 2.45) is 0 Å². The monoisotopic (exact) mass is 326 g/mol. The lowest BCUT2D eigenvalue weighted by Crippen LogP contribution is -2.41. The second kappa shape index (κ2) is 6.26. The van der Waals surface area contributed by atoms with Crippen molar-refractivity contribution < 1.29 is 9.53 Å². The van der Waals surface area contributed by atoms with Crippen LogP contribution in [0.1, 0.15) is 0 Å². The smallest absolute Gasteiger partial charge is 0.233 e. The molecule has 1 aliphatic rings. The summed E-state index contributed by atoms with van der Waals surface area (Å²) in [4.78, 5) is 18.7. The molecule has 4 nitrogen and oxygen atoms in total. The Labute approximate surface area is 138 Å². The van der Waals surface area contributed by atoms with Crippen LogP contribution >= 0.6 is 11.8 Å². The summed E-state index contributed by atoms with van der Waals surface area (Å²) in [6.45, 7) is 2.72. The summed E-state index contributed by atoms with van der Waals surface area (Å²) in [6.07, 6.45) is 0. The number of morpholine rings is 1. The molecule has 0 saturated carbocycles. The van der Waals surface area contributed by atoms with Crippen LogP contribution < -0.4 is 0 Å². The van der Waals surface area contributed by atoms with Gasteiger partial charge in [0, 0.05) is 39.8 Å². The Kier molecular flexibility index (Phi) is 3.97. The Morgan fingerprint density at radius 2 is 1.87 bits per heavy atom. The van der Waals surface area contributed by atoms with Crippen LogP contribution in [0.15, 0.2) is 47.4 Å². The van der Waals surface area contributed by atoms with E-state index < -0.39 is 0 Å². The number of carbonyl (C=O) groups excluding carboxylic acids is 1. The number of carbonyl (C=O) groups is 1. The summed E-state index contributed by atoms with van der Waals surface area (Å²) < 4.78 is 5.28. The van der Waals surface area contributed by atoms with E-state index in [1.54, 1.807) is 11.8 Å². The van der Waals surface area contributed by atoms with Gasteiger partial charge in [0.1, 0.15) is 0 Å². The zero-order valence-electron chi connectivity index (χ0n) is 12.7. The molecule has 2 aromatic carbocycles. The molecule has 4 rings (SSSR count). The summed E-state index contributed by atoms with van der Waals surface area (Å²) in [7, 11) is 0. The molecule has 1 fully saturated rings. The Morgan fingerprint density at radius 1 is 1.09 bits per heavy atom. The summed E-state index contributed by atoms with van der Waals surface area (Å²) in [6, 6.07) is 14.7. The summed E-state index contributed by atoms with van der Waals surface area (Å²) in [5, 5.41) is 2.47. The number of rotatable bonds is 3. The Balaban J connectivity index is 1.50. The van der Waals surface area contributed by atoms with Gasteiger partial charge < -0.3 is 14.6 Å². The highest BCUT2D eigenvalue weighted by Gasteiger charge is 2.16. The lowest BCUT2D eigenvalue weighted by atomic mass is 10.2. The third-order valence-corrected chi connectivity index (χ3v) is 5.18. The minimum Gasteiger partial charge on any atom is -0.378 e. The van der Waals surface area contributed by atoms with Crippen LogP contribution in [0.5, 0.6) is 0 Å². The SMILES string of the molecule is O=C(CSc1ccc2c(c1)[nH]c1ccccc12)N1CCOCC1. The Hall–Kier alpha value is -1.98. The number of H-pyrrole nitrogens is 1. The third-order valence-electron chi connectivity index (χ3n) is 4.20. The van der Waals surface area contributed by atoms with E-state index in [2.05, 4.69) is 41.4 Å². The third kappa shape index (κ3) is 2.94. The molecule has 1 amide bonds. The number of hydrogen-bond acceptors (Lipinski definition) is 3. The van der Waals surface area contributed by atoms with Crippen molar-refractivity contribution in [3.05, 3.63) is 42.5 Å². The molecule has 118 valence electrons. The molecule has 0 atom stereocenters. The van der Waals surface area contributed by atoms with Crippen molar-refractivity contribution in [1.29, 1.82) is 0 Å². The van der Waals surface area contributed by atoms with Crippen LogP contribution in [-0.2, 0) is 9.53 Å². The van der Waals surface area contributed by atoms with E-state index in [1.807, 2.05) is 11.0 Å². The van der Waals surface area contributed by atoms with Crippen molar-refractivity contribution >= 4 is 39.5 Å². The second-order valence-corrected chi connectivity index (χ2v) is 6.71. The minimum atomic E-state index is 0.190. The molecule has 0 aliphatic carbocycles. The van der Waals surface area contributed by atoms with Crippen molar-refractivity contribution in [2.75, 3.05) is 32.1 Å². The first-order chi connectivity index (χ1) is 11.3. The highest BCUT2D eigenvalue weighted by atomic mass is 32.2. The van der Waals surface area contributed by atoms with Crippen LogP contribution in [0.25, 0.3) is 21.8 Å². The van der Waals surface area contributed by atoms with Gasteiger partial charge in [-0.1, -0.05) is 24.3 Å². The van der Waals surface area contributed by atoms with E-state index in [0.717, 1.165) is 15.9 Å². The van der Waals surface area contributed by atoms with E-state index in [-0.39, 0.29) is 5.91 Å². The first-order valence-electron chi connectivity index (χ1n) is 7.80. The molecule has 1 aromatic heterocycles. The maximum absolute atomic E-state index is 12.2. The fraction of sp³-hybridized carbons (Fsp3) is 0.278. The van der Waals surface area contributed by atoms with Crippen LogP contribution in [0.4, 0.5) is 0 Å². The van der Waals surface area contributed by atoms with Crippen molar-refractivity contribution in [3.63, 3.8) is 0 Å². The van der Waals surface area contributed by atoms with Crippen LogP contribution in [0, 0.1) is 0 Å². The van der Waals surface area contributed by atoms with Gasteiger partial charge in [0.2, 0.25) is 5.91 Å². The lowest BCUT2D eigenvalue weighted by molar-refractivity contribution is -0.132. The zero-order chi connectivity index (χ0) is 15.6. The molecular weight excluding hydrogens is 308 g/mol. The molecule has 2 heterocycles. The van der Waals surface area contributed by atoms with Crippen LogP contribution in [0.3, 0.4) is 0 Å². The second-order valence-electron chi connectivity index (χ2n) is 5.66. The van der Waals surface area contributed by atoms with Gasteiger partial charge in [-0.15, -0.1) is 11.8 Å². The molecule has 0 unspecified atom stereocenters. The molecule has 0 bridgehead atoms. The van der Waals surface area contributed by atoms with E-state index in [4.69, 9.17) is 4.74 Å². The Morgan fingerprint density at radius 3 is 2.74 bits per heavy atom. The maximum Gasteiger partial charge on any atom is 0.233 e. The largest absolute Gasteiger partial charge is 0.378 e. The molecule has 0 spiro atoms. The van der Waals surface area contributed by atoms with Gasteiger partial charge in [-0.3, -0.25) is 4.79 Å². The molecule has 1 N–H and O–H groups in total. The normalized spacial score (nSPS) is 15.4. The number of ether oxygens (including phenoxy) is 1. The number of nitrogens with one attached hydrogen (secondary N) is 1. The van der Waals surface area contributed by atoms with E-state index >= 15 is 0 Å². The fourth-order valence-corrected chi connectivity index (χ4v) is 3.81. The first kappa shape index (κ1) is 14.6. The number of para-hydroxylation sites is 1. The average Bonchev–Trinajstić information content (AvgIpc) is 2.98. The predicted octanol–water partition coefficient (Wildman–Crippen LogP) is 3.27. The van der Waals surface area contributed by atoms with Crippen molar-refractivity contribution in [1.82, 2.24) is 9.88 Å². The quantitative estimate of drug-likeness (QED) is 0.751. The maximum atomic E-state index is 12.2. The van der Waals surface area contributed by atoms with Crippen LogP contribution in [-0.4, -0.2) is 47.8 Å². The molecule has 1 aliphatic heterocycles. The highest BCUT2D eigenvalue weighted by Crippen LogP contribution is 2.29. The molecular formula is C18H18N2O2S. The summed E-state index contributed by atoms with van der Waals surface area (Å²) >= 11 is 1.59. The highest BCUT2D eigenvalue weighted by molar-refractivity contribution is 8.00.